The van der Waals surface area contributed by atoms with Gasteiger partial charge in [0.25, 0.3) is 0 Å². The van der Waals surface area contributed by atoms with Crippen molar-refractivity contribution in [1.82, 2.24) is 5.32 Å². The number of hydrogen-bond acceptors (Lipinski definition) is 2. The Kier molecular flexibility index (Phi) is 3.65. The summed E-state index contributed by atoms with van der Waals surface area (Å²) >= 11 is 9.76. The molecule has 1 saturated carbocycles. The minimum absolute atomic E-state index is 0.0334. The van der Waals surface area contributed by atoms with Crippen molar-refractivity contribution in [3.05, 3.63) is 32.8 Å². The second-order valence-corrected chi connectivity index (χ2v) is 7.40. The third-order valence-electron chi connectivity index (χ3n) is 4.66. The molecule has 3 nitrogen and oxygen atoms in total. The highest BCUT2D eigenvalue weighted by Gasteiger charge is 2.57. The van der Waals surface area contributed by atoms with E-state index in [-0.39, 0.29) is 17.6 Å². The molecule has 0 bridgehead atoms. The molecule has 1 aliphatic heterocycles. The number of rotatable bonds is 3. The fourth-order valence-electron chi connectivity index (χ4n) is 3.29. The quantitative estimate of drug-likeness (QED) is 0.826. The largest absolute Gasteiger partial charge is 0.343 e. The molecule has 0 spiro atoms. The summed E-state index contributed by atoms with van der Waals surface area (Å²) in [7, 11) is 0. The highest BCUT2D eigenvalue weighted by atomic mass is 79.9. The Hall–Kier alpha value is -0.870. The molecule has 2 aliphatic rings. The lowest BCUT2D eigenvalue weighted by atomic mass is 9.83. The van der Waals surface area contributed by atoms with Gasteiger partial charge in [-0.25, -0.2) is 0 Å². The number of carbonyl (C=O) groups excluding carboxylic acids is 2. The summed E-state index contributed by atoms with van der Waals surface area (Å²) in [5.41, 5.74) is 0.903. The summed E-state index contributed by atoms with van der Waals surface area (Å²) in [5, 5.41) is 3.41. The molecule has 2 fully saturated rings. The minimum Gasteiger partial charge on any atom is -0.343 e. The van der Waals surface area contributed by atoms with Gasteiger partial charge in [0, 0.05) is 9.50 Å². The molecule has 0 radical (unpaired) electrons. The van der Waals surface area contributed by atoms with E-state index in [1.165, 1.54) is 0 Å². The van der Waals surface area contributed by atoms with Crippen LogP contribution in [0.1, 0.15) is 43.7 Å². The topological polar surface area (TPSA) is 46.2 Å². The van der Waals surface area contributed by atoms with Gasteiger partial charge in [-0.2, -0.15) is 0 Å². The van der Waals surface area contributed by atoms with Crippen LogP contribution in [0.2, 0.25) is 5.02 Å². The highest BCUT2D eigenvalue weighted by molar-refractivity contribution is 9.10. The summed E-state index contributed by atoms with van der Waals surface area (Å²) < 4.78 is 0.865. The molecule has 3 rings (SSSR count). The zero-order chi connectivity index (χ0) is 15.4. The molecule has 2 unspecified atom stereocenters. The molecule has 1 heterocycles. The Balaban J connectivity index is 2.08. The van der Waals surface area contributed by atoms with Gasteiger partial charge >= 0.3 is 0 Å². The Morgan fingerprint density at radius 1 is 1.38 bits per heavy atom. The van der Waals surface area contributed by atoms with Crippen molar-refractivity contribution in [3.63, 3.8) is 0 Å². The molecule has 5 heteroatoms. The van der Waals surface area contributed by atoms with Crippen molar-refractivity contribution in [2.75, 3.05) is 0 Å². The number of Topliss-reactive ketones (excluding diaryl/α,β-unsaturated/α-hetero) is 1. The van der Waals surface area contributed by atoms with Crippen LogP contribution in [-0.2, 0) is 16.0 Å². The highest BCUT2D eigenvalue weighted by Crippen LogP contribution is 2.47. The van der Waals surface area contributed by atoms with Crippen LogP contribution in [-0.4, -0.2) is 17.2 Å². The van der Waals surface area contributed by atoms with Gasteiger partial charge in [0.05, 0.1) is 5.54 Å². The maximum Gasteiger partial charge on any atom is 0.236 e. The van der Waals surface area contributed by atoms with E-state index in [4.69, 9.17) is 11.6 Å². The maximum absolute atomic E-state index is 12.9. The smallest absolute Gasteiger partial charge is 0.236 e. The summed E-state index contributed by atoms with van der Waals surface area (Å²) in [6.07, 6.45) is 2.74. The summed E-state index contributed by atoms with van der Waals surface area (Å²) in [6.45, 7) is 3.85. The van der Waals surface area contributed by atoms with Crippen molar-refractivity contribution in [3.8, 4) is 0 Å². The molecule has 1 saturated heterocycles. The predicted molar refractivity (Wildman–Crippen MR) is 85.5 cm³/mol. The summed E-state index contributed by atoms with van der Waals surface area (Å²) in [6, 6.07) is 3.69. The number of halogens is 2. The number of amides is 1. The van der Waals surface area contributed by atoms with E-state index >= 15 is 0 Å². The second kappa shape index (κ2) is 5.10. The van der Waals surface area contributed by atoms with E-state index in [1.807, 2.05) is 19.9 Å². The first-order valence-corrected chi connectivity index (χ1v) is 8.39. The van der Waals surface area contributed by atoms with Crippen molar-refractivity contribution >= 4 is 39.2 Å². The molecule has 1 aromatic rings. The van der Waals surface area contributed by atoms with Crippen LogP contribution in [0.15, 0.2) is 16.6 Å². The lowest BCUT2D eigenvalue weighted by Gasteiger charge is -2.22. The van der Waals surface area contributed by atoms with Crippen molar-refractivity contribution in [2.24, 2.45) is 5.92 Å². The standard InChI is InChI=1S/C16H17BrClNO2/c1-3-8-6-10(17)7-11(18)12(8)13-14(20)16(2,9-4-5-9)19-15(13)21/h6-7,9,13H,3-5H2,1-2H3,(H,19,21). The second-order valence-electron chi connectivity index (χ2n) is 6.08. The molecule has 1 amide bonds. The van der Waals surface area contributed by atoms with E-state index in [1.54, 1.807) is 6.07 Å². The van der Waals surface area contributed by atoms with E-state index in [2.05, 4.69) is 21.2 Å². The normalized spacial score (nSPS) is 28.9. The van der Waals surface area contributed by atoms with Crippen LogP contribution in [0.4, 0.5) is 0 Å². The van der Waals surface area contributed by atoms with Gasteiger partial charge in [-0.1, -0.05) is 34.5 Å². The lowest BCUT2D eigenvalue weighted by Crippen LogP contribution is -2.45. The first-order valence-electron chi connectivity index (χ1n) is 7.22. The Morgan fingerprint density at radius 2 is 2.05 bits per heavy atom. The molecule has 0 aromatic heterocycles. The maximum atomic E-state index is 12.9. The molecule has 1 aromatic carbocycles. The Bertz CT molecular complexity index is 641. The zero-order valence-corrected chi connectivity index (χ0v) is 14.3. The van der Waals surface area contributed by atoms with Gasteiger partial charge in [0.15, 0.2) is 5.78 Å². The first-order chi connectivity index (χ1) is 9.88. The van der Waals surface area contributed by atoms with Crippen LogP contribution in [0, 0.1) is 5.92 Å². The zero-order valence-electron chi connectivity index (χ0n) is 12.0. The van der Waals surface area contributed by atoms with E-state index in [9.17, 15) is 9.59 Å². The van der Waals surface area contributed by atoms with Gasteiger partial charge < -0.3 is 5.32 Å². The fourth-order valence-corrected chi connectivity index (χ4v) is 4.27. The van der Waals surface area contributed by atoms with Gasteiger partial charge in [-0.05, 0) is 55.4 Å². The van der Waals surface area contributed by atoms with Crippen molar-refractivity contribution in [2.45, 2.75) is 44.6 Å². The molecule has 21 heavy (non-hydrogen) atoms. The molecule has 1 N–H and O–H groups in total. The lowest BCUT2D eigenvalue weighted by molar-refractivity contribution is -0.125. The number of benzene rings is 1. The molecular weight excluding hydrogens is 354 g/mol. The predicted octanol–water partition coefficient (Wildman–Crippen LogP) is 3.62. The van der Waals surface area contributed by atoms with Gasteiger partial charge in [-0.15, -0.1) is 0 Å². The van der Waals surface area contributed by atoms with Crippen LogP contribution >= 0.6 is 27.5 Å². The number of ketones is 1. The van der Waals surface area contributed by atoms with Crippen molar-refractivity contribution < 1.29 is 9.59 Å². The number of carbonyl (C=O) groups is 2. The van der Waals surface area contributed by atoms with E-state index < -0.39 is 11.5 Å². The van der Waals surface area contributed by atoms with E-state index in [0.29, 0.717) is 10.6 Å². The van der Waals surface area contributed by atoms with Crippen LogP contribution in [0.25, 0.3) is 0 Å². The third kappa shape index (κ3) is 2.33. The molecule has 1 aliphatic carbocycles. The third-order valence-corrected chi connectivity index (χ3v) is 5.43. The van der Waals surface area contributed by atoms with Crippen LogP contribution in [0.3, 0.4) is 0 Å². The Morgan fingerprint density at radius 3 is 2.62 bits per heavy atom. The van der Waals surface area contributed by atoms with Crippen LogP contribution < -0.4 is 5.32 Å². The summed E-state index contributed by atoms with van der Waals surface area (Å²) in [4.78, 5) is 25.3. The number of nitrogens with one attached hydrogen (secondary N) is 1. The van der Waals surface area contributed by atoms with E-state index in [0.717, 1.165) is 29.3 Å². The average molecular weight is 371 g/mol. The Labute approximate surface area is 137 Å². The molecular formula is C16H17BrClNO2. The summed E-state index contributed by atoms with van der Waals surface area (Å²) in [5.74, 6) is -0.744. The minimum atomic E-state index is -0.772. The molecule has 112 valence electrons. The van der Waals surface area contributed by atoms with Crippen LogP contribution in [0.5, 0.6) is 0 Å². The van der Waals surface area contributed by atoms with Gasteiger partial charge in [0.1, 0.15) is 5.92 Å². The fraction of sp³-hybridized carbons (Fsp3) is 0.500. The monoisotopic (exact) mass is 369 g/mol. The average Bonchev–Trinajstić information content (AvgIpc) is 3.22. The van der Waals surface area contributed by atoms with Gasteiger partial charge in [0.2, 0.25) is 5.91 Å². The van der Waals surface area contributed by atoms with Crippen molar-refractivity contribution in [1.29, 1.82) is 0 Å². The molecule has 2 atom stereocenters. The SMILES string of the molecule is CCc1cc(Br)cc(Cl)c1C1C(=O)NC(C)(C2CC2)C1=O. The number of hydrogen-bond donors (Lipinski definition) is 1. The number of aryl methyl sites for hydroxylation is 1. The first kappa shape index (κ1) is 15.0. The van der Waals surface area contributed by atoms with Gasteiger partial charge in [-0.3, -0.25) is 9.59 Å².